The number of rotatable bonds is 8. The lowest BCUT2D eigenvalue weighted by molar-refractivity contribution is 0.0215. The lowest BCUT2D eigenvalue weighted by Crippen LogP contribution is -2.54. The smallest absolute Gasteiger partial charge is 0.0628 e. The fourth-order valence-corrected chi connectivity index (χ4v) is 4.09. The second-order valence-corrected chi connectivity index (χ2v) is 7.70. The Morgan fingerprint density at radius 2 is 1.76 bits per heavy atom. The van der Waals surface area contributed by atoms with E-state index in [0.29, 0.717) is 12.0 Å². The summed E-state index contributed by atoms with van der Waals surface area (Å²) < 4.78 is 0. The van der Waals surface area contributed by atoms with Gasteiger partial charge in [0.25, 0.3) is 0 Å². The summed E-state index contributed by atoms with van der Waals surface area (Å²) in [5.41, 5.74) is 2.49. The van der Waals surface area contributed by atoms with Crippen LogP contribution in [0, 0.1) is 5.92 Å². The first-order chi connectivity index (χ1) is 12.0. The molecule has 25 heavy (non-hydrogen) atoms. The topological polar surface area (TPSA) is 30.0 Å². The van der Waals surface area contributed by atoms with Crippen molar-refractivity contribution in [2.24, 2.45) is 5.92 Å². The molecular formula is C21H37N3O. The van der Waals surface area contributed by atoms with Crippen molar-refractivity contribution < 1.29 is 5.11 Å². The molecule has 0 bridgehead atoms. The van der Waals surface area contributed by atoms with E-state index in [1.54, 1.807) is 0 Å². The Balaban J connectivity index is 2.06. The maximum Gasteiger partial charge on any atom is 0.0628 e. The monoisotopic (exact) mass is 347 g/mol. The van der Waals surface area contributed by atoms with Gasteiger partial charge in [-0.25, -0.2) is 0 Å². The molecule has 0 aliphatic carbocycles. The molecule has 1 aliphatic rings. The van der Waals surface area contributed by atoms with E-state index in [1.165, 1.54) is 17.8 Å². The van der Waals surface area contributed by atoms with Crippen molar-refractivity contribution in [1.82, 2.24) is 9.80 Å². The molecule has 1 fully saturated rings. The van der Waals surface area contributed by atoms with E-state index in [1.807, 2.05) is 0 Å². The van der Waals surface area contributed by atoms with Crippen LogP contribution < -0.4 is 4.90 Å². The summed E-state index contributed by atoms with van der Waals surface area (Å²) in [6.07, 6.45) is 0. The van der Waals surface area contributed by atoms with Gasteiger partial charge in [-0.15, -0.1) is 0 Å². The number of hydrogen-bond donors (Lipinski definition) is 1. The summed E-state index contributed by atoms with van der Waals surface area (Å²) >= 11 is 0. The van der Waals surface area contributed by atoms with Crippen LogP contribution in [0.25, 0.3) is 0 Å². The normalized spacial score (nSPS) is 20.8. The van der Waals surface area contributed by atoms with Crippen LogP contribution in [-0.4, -0.2) is 66.8 Å². The van der Waals surface area contributed by atoms with Crippen molar-refractivity contribution in [3.05, 3.63) is 29.8 Å². The van der Waals surface area contributed by atoms with Gasteiger partial charge >= 0.3 is 0 Å². The summed E-state index contributed by atoms with van der Waals surface area (Å²) in [7, 11) is 0. The lowest BCUT2D eigenvalue weighted by Gasteiger charge is -2.44. The van der Waals surface area contributed by atoms with Gasteiger partial charge in [-0.1, -0.05) is 26.0 Å². The highest BCUT2D eigenvalue weighted by Crippen LogP contribution is 2.27. The number of aliphatic hydroxyl groups excluding tert-OH is 1. The molecule has 1 heterocycles. The van der Waals surface area contributed by atoms with Crippen LogP contribution in [0.15, 0.2) is 24.3 Å². The second-order valence-electron chi connectivity index (χ2n) is 7.70. The summed E-state index contributed by atoms with van der Waals surface area (Å²) in [5, 5.41) is 10.1. The van der Waals surface area contributed by atoms with E-state index < -0.39 is 0 Å². The summed E-state index contributed by atoms with van der Waals surface area (Å²) in [4.78, 5) is 7.39. The number of piperazine rings is 1. The molecule has 2 unspecified atom stereocenters. The van der Waals surface area contributed by atoms with Gasteiger partial charge in [0.05, 0.1) is 12.6 Å². The average molecular weight is 348 g/mol. The number of nitrogens with zero attached hydrogens (tertiary/aromatic N) is 3. The minimum atomic E-state index is 0.0990. The Kier molecular flexibility index (Phi) is 7.73. The number of anilines is 1. The molecule has 0 radical (unpaired) electrons. The van der Waals surface area contributed by atoms with Gasteiger partial charge in [-0.2, -0.15) is 0 Å². The van der Waals surface area contributed by atoms with E-state index in [-0.39, 0.29) is 12.6 Å². The molecule has 0 saturated carbocycles. The molecular weight excluding hydrogens is 310 g/mol. The van der Waals surface area contributed by atoms with Gasteiger partial charge in [0.1, 0.15) is 0 Å². The Labute approximate surface area is 154 Å². The minimum absolute atomic E-state index is 0.0990. The Morgan fingerprint density at radius 3 is 2.24 bits per heavy atom. The van der Waals surface area contributed by atoms with Gasteiger partial charge in [0.2, 0.25) is 0 Å². The Bertz CT molecular complexity index is 498. The fraction of sp³-hybridized carbons (Fsp3) is 0.714. The zero-order valence-corrected chi connectivity index (χ0v) is 16.8. The highest BCUT2D eigenvalue weighted by Gasteiger charge is 2.30. The minimum Gasteiger partial charge on any atom is -0.394 e. The fourth-order valence-electron chi connectivity index (χ4n) is 4.09. The second kappa shape index (κ2) is 9.56. The first kappa shape index (κ1) is 20.2. The van der Waals surface area contributed by atoms with E-state index in [9.17, 15) is 5.11 Å². The Hall–Kier alpha value is -1.10. The number of aliphatic hydroxyl groups is 1. The summed E-state index contributed by atoms with van der Waals surface area (Å²) in [6, 6.07) is 9.35. The first-order valence-corrected chi connectivity index (χ1v) is 9.93. The van der Waals surface area contributed by atoms with Crippen LogP contribution in [0.3, 0.4) is 0 Å². The summed E-state index contributed by atoms with van der Waals surface area (Å²) in [5.74, 6) is 0.708. The highest BCUT2D eigenvalue weighted by molar-refractivity contribution is 5.47. The van der Waals surface area contributed by atoms with Crippen LogP contribution in [0.4, 0.5) is 5.69 Å². The molecule has 0 amide bonds. The molecule has 1 aromatic carbocycles. The molecule has 0 spiro atoms. The SMILES string of the molecule is CCN(CC)c1ccc(C(CO)N2CCN(CC(C)C)CC2C)cc1. The average Bonchev–Trinajstić information content (AvgIpc) is 2.59. The third kappa shape index (κ3) is 5.19. The number of benzene rings is 1. The van der Waals surface area contributed by atoms with Gasteiger partial charge in [0, 0.05) is 51.0 Å². The lowest BCUT2D eigenvalue weighted by atomic mass is 10.0. The van der Waals surface area contributed by atoms with E-state index in [2.05, 4.69) is 73.6 Å². The van der Waals surface area contributed by atoms with Crippen molar-refractivity contribution >= 4 is 5.69 Å². The van der Waals surface area contributed by atoms with Crippen LogP contribution >= 0.6 is 0 Å². The molecule has 2 atom stereocenters. The zero-order valence-electron chi connectivity index (χ0n) is 16.8. The summed E-state index contributed by atoms with van der Waals surface area (Å²) in [6.45, 7) is 17.8. The standard InChI is InChI=1S/C21H37N3O/c1-6-23(7-2)20-10-8-19(9-11-20)21(16-25)24-13-12-22(14-17(3)4)15-18(24)5/h8-11,17-18,21,25H,6-7,12-16H2,1-5H3. The maximum atomic E-state index is 10.1. The molecule has 1 saturated heterocycles. The molecule has 2 rings (SSSR count). The van der Waals surface area contributed by atoms with Gasteiger partial charge < -0.3 is 14.9 Å². The van der Waals surface area contributed by atoms with Crippen molar-refractivity contribution in [2.45, 2.75) is 46.7 Å². The zero-order chi connectivity index (χ0) is 18.4. The maximum absolute atomic E-state index is 10.1. The van der Waals surface area contributed by atoms with Gasteiger partial charge in [-0.3, -0.25) is 4.90 Å². The van der Waals surface area contributed by atoms with Crippen molar-refractivity contribution in [3.8, 4) is 0 Å². The van der Waals surface area contributed by atoms with Gasteiger partial charge in [0.15, 0.2) is 0 Å². The van der Waals surface area contributed by atoms with E-state index in [4.69, 9.17) is 0 Å². The Morgan fingerprint density at radius 1 is 1.12 bits per heavy atom. The molecule has 0 aromatic heterocycles. The van der Waals surface area contributed by atoms with Crippen molar-refractivity contribution in [3.63, 3.8) is 0 Å². The first-order valence-electron chi connectivity index (χ1n) is 9.93. The largest absolute Gasteiger partial charge is 0.394 e. The third-order valence-corrected chi connectivity index (χ3v) is 5.37. The van der Waals surface area contributed by atoms with Crippen LogP contribution in [-0.2, 0) is 0 Å². The van der Waals surface area contributed by atoms with Crippen LogP contribution in [0.1, 0.15) is 46.2 Å². The van der Waals surface area contributed by atoms with E-state index >= 15 is 0 Å². The highest BCUT2D eigenvalue weighted by atomic mass is 16.3. The molecule has 142 valence electrons. The predicted molar refractivity (Wildman–Crippen MR) is 107 cm³/mol. The molecule has 4 nitrogen and oxygen atoms in total. The van der Waals surface area contributed by atoms with Crippen LogP contribution in [0.5, 0.6) is 0 Å². The molecule has 1 aromatic rings. The van der Waals surface area contributed by atoms with Crippen LogP contribution in [0.2, 0.25) is 0 Å². The number of hydrogen-bond acceptors (Lipinski definition) is 4. The van der Waals surface area contributed by atoms with Crippen molar-refractivity contribution in [2.75, 3.05) is 50.8 Å². The predicted octanol–water partition coefficient (Wildman–Crippen LogP) is 3.23. The molecule has 1 aliphatic heterocycles. The molecule has 4 heteroatoms. The quantitative estimate of drug-likeness (QED) is 0.782. The van der Waals surface area contributed by atoms with Gasteiger partial charge in [-0.05, 0) is 44.4 Å². The van der Waals surface area contributed by atoms with E-state index in [0.717, 1.165) is 32.7 Å². The van der Waals surface area contributed by atoms with Crippen molar-refractivity contribution in [1.29, 1.82) is 0 Å². The molecule has 1 N–H and O–H groups in total. The third-order valence-electron chi connectivity index (χ3n) is 5.37.